The predicted octanol–water partition coefficient (Wildman–Crippen LogP) is 3.49. The molecule has 0 fully saturated rings. The number of aliphatic hydroxyl groups is 1. The van der Waals surface area contributed by atoms with Crippen molar-refractivity contribution in [3.8, 4) is 0 Å². The summed E-state index contributed by atoms with van der Waals surface area (Å²) in [5, 5.41) is 9.59. The van der Waals surface area contributed by atoms with Crippen LogP contribution in [0.25, 0.3) is 5.57 Å². The summed E-state index contributed by atoms with van der Waals surface area (Å²) in [4.78, 5) is 27.0. The lowest BCUT2D eigenvalue weighted by Gasteiger charge is -2.15. The maximum absolute atomic E-state index is 13.1. The van der Waals surface area contributed by atoms with Crippen molar-refractivity contribution in [1.82, 2.24) is 0 Å². The third-order valence-corrected chi connectivity index (χ3v) is 4.90. The van der Waals surface area contributed by atoms with Crippen molar-refractivity contribution in [1.29, 1.82) is 0 Å². The first-order valence-electron chi connectivity index (χ1n) is 7.41. The van der Waals surface area contributed by atoms with E-state index < -0.39 is 17.6 Å². The monoisotopic (exact) mass is 377 g/mol. The number of hydrogen-bond acceptors (Lipinski definition) is 4. The van der Waals surface area contributed by atoms with Gasteiger partial charge in [0, 0.05) is 10.8 Å². The average Bonchev–Trinajstić information content (AvgIpc) is 2.85. The highest BCUT2D eigenvalue weighted by atomic mass is 35.5. The Labute approximate surface area is 152 Å². The minimum Gasteiger partial charge on any atom is -0.396 e. The second-order valence-electron chi connectivity index (χ2n) is 5.21. The van der Waals surface area contributed by atoms with Crippen LogP contribution in [0.1, 0.15) is 5.56 Å². The molecule has 0 atom stereocenters. The van der Waals surface area contributed by atoms with Crippen LogP contribution in [0.2, 0.25) is 5.02 Å². The second kappa shape index (κ2) is 7.39. The van der Waals surface area contributed by atoms with Gasteiger partial charge in [-0.2, -0.15) is 0 Å². The molecule has 1 aliphatic heterocycles. The summed E-state index contributed by atoms with van der Waals surface area (Å²) >= 11 is 7.01. The van der Waals surface area contributed by atoms with Crippen LogP contribution in [0.3, 0.4) is 0 Å². The van der Waals surface area contributed by atoms with Gasteiger partial charge in [0.2, 0.25) is 0 Å². The van der Waals surface area contributed by atoms with Gasteiger partial charge >= 0.3 is 0 Å². The summed E-state index contributed by atoms with van der Waals surface area (Å²) < 4.78 is 13.1. The number of aliphatic hydroxyl groups excluding tert-OH is 1. The third kappa shape index (κ3) is 3.46. The van der Waals surface area contributed by atoms with Crippen LogP contribution >= 0.6 is 23.4 Å². The van der Waals surface area contributed by atoms with Gasteiger partial charge in [0.25, 0.3) is 11.8 Å². The van der Waals surface area contributed by atoms with Crippen molar-refractivity contribution >= 4 is 46.4 Å². The first-order chi connectivity index (χ1) is 12.0. The predicted molar refractivity (Wildman–Crippen MR) is 96.8 cm³/mol. The van der Waals surface area contributed by atoms with E-state index in [0.717, 1.165) is 16.7 Å². The van der Waals surface area contributed by atoms with E-state index in [1.807, 2.05) is 0 Å². The molecular formula is C18H13ClFNO3S. The number of amides is 2. The van der Waals surface area contributed by atoms with Crippen LogP contribution in [-0.2, 0) is 9.59 Å². The molecule has 0 saturated carbocycles. The Bertz CT molecular complexity index is 850. The number of rotatable bonds is 5. The molecule has 0 bridgehead atoms. The highest BCUT2D eigenvalue weighted by Crippen LogP contribution is 2.38. The molecule has 128 valence electrons. The van der Waals surface area contributed by atoms with Crippen molar-refractivity contribution < 1.29 is 19.1 Å². The fourth-order valence-corrected chi connectivity index (χ4v) is 3.47. The van der Waals surface area contributed by atoms with Crippen LogP contribution in [0.4, 0.5) is 10.1 Å². The Kier molecular flexibility index (Phi) is 5.22. The van der Waals surface area contributed by atoms with E-state index in [4.69, 9.17) is 16.7 Å². The molecule has 0 unspecified atom stereocenters. The second-order valence-corrected chi connectivity index (χ2v) is 6.75. The molecule has 4 nitrogen and oxygen atoms in total. The van der Waals surface area contributed by atoms with Gasteiger partial charge in [-0.1, -0.05) is 23.7 Å². The minimum atomic E-state index is -0.487. The molecule has 2 amide bonds. The summed E-state index contributed by atoms with van der Waals surface area (Å²) in [6, 6.07) is 11.7. The smallest absolute Gasteiger partial charge is 0.272 e. The molecule has 0 spiro atoms. The first kappa shape index (κ1) is 17.7. The number of benzene rings is 2. The van der Waals surface area contributed by atoms with Crippen molar-refractivity contribution in [2.24, 2.45) is 0 Å². The van der Waals surface area contributed by atoms with E-state index in [9.17, 15) is 14.0 Å². The fraction of sp³-hybridized carbons (Fsp3) is 0.111. The topological polar surface area (TPSA) is 57.6 Å². The number of halogens is 2. The minimum absolute atomic E-state index is 0.125. The normalized spacial score (nSPS) is 14.6. The Hall–Kier alpha value is -2.15. The number of carbonyl (C=O) groups excluding carboxylic acids is 2. The van der Waals surface area contributed by atoms with E-state index in [2.05, 4.69) is 0 Å². The lowest BCUT2D eigenvalue weighted by Crippen LogP contribution is -2.31. The Morgan fingerprint density at radius 3 is 2.24 bits per heavy atom. The van der Waals surface area contributed by atoms with Crippen molar-refractivity contribution in [3.63, 3.8) is 0 Å². The summed E-state index contributed by atoms with van der Waals surface area (Å²) in [6.45, 7) is -0.125. The molecule has 0 aliphatic carbocycles. The molecule has 2 aromatic carbocycles. The summed E-state index contributed by atoms with van der Waals surface area (Å²) in [7, 11) is 0. The Morgan fingerprint density at radius 1 is 1.00 bits per heavy atom. The number of imide groups is 1. The van der Waals surface area contributed by atoms with E-state index >= 15 is 0 Å². The number of thioether (sulfide) groups is 1. The number of hydrogen-bond donors (Lipinski definition) is 1. The Morgan fingerprint density at radius 2 is 1.64 bits per heavy atom. The third-order valence-electron chi connectivity index (χ3n) is 3.60. The molecule has 3 rings (SSSR count). The van der Waals surface area contributed by atoms with E-state index in [1.165, 1.54) is 24.3 Å². The highest BCUT2D eigenvalue weighted by Gasteiger charge is 2.40. The molecule has 1 N–H and O–H groups in total. The molecule has 2 aromatic rings. The largest absolute Gasteiger partial charge is 0.396 e. The average molecular weight is 378 g/mol. The lowest BCUT2D eigenvalue weighted by molar-refractivity contribution is -0.119. The molecule has 1 heterocycles. The van der Waals surface area contributed by atoms with Crippen molar-refractivity contribution in [2.45, 2.75) is 0 Å². The van der Waals surface area contributed by atoms with Gasteiger partial charge in [-0.3, -0.25) is 9.59 Å². The summed E-state index contributed by atoms with van der Waals surface area (Å²) in [5.41, 5.74) is 1.11. The zero-order valence-corrected chi connectivity index (χ0v) is 14.5. The molecule has 0 radical (unpaired) electrons. The van der Waals surface area contributed by atoms with E-state index in [1.54, 1.807) is 24.3 Å². The zero-order valence-electron chi connectivity index (χ0n) is 12.9. The molecule has 7 heteroatoms. The van der Waals surface area contributed by atoms with Crippen LogP contribution in [0.15, 0.2) is 53.4 Å². The molecular weight excluding hydrogens is 365 g/mol. The maximum Gasteiger partial charge on any atom is 0.272 e. The number of anilines is 1. The lowest BCUT2D eigenvalue weighted by atomic mass is 10.1. The number of carbonyl (C=O) groups is 2. The first-order valence-corrected chi connectivity index (χ1v) is 8.77. The van der Waals surface area contributed by atoms with Gasteiger partial charge < -0.3 is 5.11 Å². The molecule has 0 saturated heterocycles. The maximum atomic E-state index is 13.1. The van der Waals surface area contributed by atoms with Crippen LogP contribution in [0, 0.1) is 5.82 Å². The van der Waals surface area contributed by atoms with Crippen LogP contribution in [-0.4, -0.2) is 29.3 Å². The standard InChI is InChI=1S/C18H13ClFNO3S/c19-12-3-1-11(2-4-12)15-16(25-10-9-22)18(24)21(17(15)23)14-7-5-13(20)6-8-14/h1-8,22H,9-10H2. The fourth-order valence-electron chi connectivity index (χ4n) is 2.49. The van der Waals surface area contributed by atoms with Crippen molar-refractivity contribution in [3.05, 3.63) is 69.8 Å². The van der Waals surface area contributed by atoms with Crippen LogP contribution < -0.4 is 4.90 Å². The molecule has 25 heavy (non-hydrogen) atoms. The van der Waals surface area contributed by atoms with E-state index in [0.29, 0.717) is 16.3 Å². The van der Waals surface area contributed by atoms with Crippen molar-refractivity contribution in [2.75, 3.05) is 17.3 Å². The summed E-state index contributed by atoms with van der Waals surface area (Å²) in [6.07, 6.45) is 0. The van der Waals surface area contributed by atoms with Gasteiger partial charge in [0.15, 0.2) is 0 Å². The zero-order chi connectivity index (χ0) is 18.0. The van der Waals surface area contributed by atoms with Gasteiger partial charge in [-0.25, -0.2) is 9.29 Å². The summed E-state index contributed by atoms with van der Waals surface area (Å²) in [5.74, 6) is -1.15. The van der Waals surface area contributed by atoms with Crippen LogP contribution in [0.5, 0.6) is 0 Å². The van der Waals surface area contributed by atoms with Gasteiger partial charge in [0.1, 0.15) is 5.82 Å². The number of nitrogens with zero attached hydrogens (tertiary/aromatic N) is 1. The Balaban J connectivity index is 2.05. The SMILES string of the molecule is O=C1C(SCCO)=C(c2ccc(Cl)cc2)C(=O)N1c1ccc(F)cc1. The highest BCUT2D eigenvalue weighted by molar-refractivity contribution is 8.04. The molecule has 0 aromatic heterocycles. The van der Waals surface area contributed by atoms with Gasteiger partial charge in [-0.05, 0) is 42.0 Å². The van der Waals surface area contributed by atoms with E-state index in [-0.39, 0.29) is 22.8 Å². The quantitative estimate of drug-likeness (QED) is 0.810. The molecule has 1 aliphatic rings. The van der Waals surface area contributed by atoms with Gasteiger partial charge in [-0.15, -0.1) is 11.8 Å². The van der Waals surface area contributed by atoms with Gasteiger partial charge in [0.05, 0.1) is 22.8 Å².